The van der Waals surface area contributed by atoms with Gasteiger partial charge in [0.1, 0.15) is 5.75 Å². The summed E-state index contributed by atoms with van der Waals surface area (Å²) in [5.74, 6) is 2.84. The lowest BCUT2D eigenvalue weighted by molar-refractivity contribution is 0.485. The predicted molar refractivity (Wildman–Crippen MR) is 107 cm³/mol. The molecule has 0 spiro atoms. The van der Waals surface area contributed by atoms with Gasteiger partial charge in [-0.05, 0) is 37.1 Å². The first-order valence-electron chi connectivity index (χ1n) is 9.42. The number of rotatable bonds is 5. The molecule has 3 aromatic rings. The van der Waals surface area contributed by atoms with Crippen LogP contribution in [0.25, 0.3) is 0 Å². The van der Waals surface area contributed by atoms with Gasteiger partial charge in [0, 0.05) is 13.1 Å². The van der Waals surface area contributed by atoms with Gasteiger partial charge in [0.15, 0.2) is 11.6 Å². The number of hydrogen-bond acceptors (Lipinski definition) is 6. The van der Waals surface area contributed by atoms with Gasteiger partial charge in [-0.25, -0.2) is 0 Å². The summed E-state index contributed by atoms with van der Waals surface area (Å²) in [7, 11) is 0. The SMILES string of the molecule is c1ccc(Oc2ccccc2Nc2nncc(N3CCCCCC3)n2)cc1. The molecule has 2 heterocycles. The molecule has 0 unspecified atom stereocenters. The molecule has 138 valence electrons. The molecule has 1 fully saturated rings. The van der Waals surface area contributed by atoms with E-state index in [0.29, 0.717) is 11.7 Å². The van der Waals surface area contributed by atoms with Crippen molar-refractivity contribution in [2.24, 2.45) is 0 Å². The molecule has 0 atom stereocenters. The quantitative estimate of drug-likeness (QED) is 0.705. The van der Waals surface area contributed by atoms with E-state index in [-0.39, 0.29) is 0 Å². The van der Waals surface area contributed by atoms with E-state index in [1.54, 1.807) is 6.20 Å². The van der Waals surface area contributed by atoms with Crippen molar-refractivity contribution >= 4 is 17.5 Å². The van der Waals surface area contributed by atoms with Gasteiger partial charge in [0.05, 0.1) is 11.9 Å². The Morgan fingerprint density at radius 3 is 2.41 bits per heavy atom. The summed E-state index contributed by atoms with van der Waals surface area (Å²) >= 11 is 0. The van der Waals surface area contributed by atoms with Crippen molar-refractivity contribution in [2.75, 3.05) is 23.3 Å². The number of aromatic nitrogens is 3. The van der Waals surface area contributed by atoms with Crippen LogP contribution in [0.4, 0.5) is 17.5 Å². The summed E-state index contributed by atoms with van der Waals surface area (Å²) in [5.41, 5.74) is 0.802. The second kappa shape index (κ2) is 8.49. The number of nitrogens with zero attached hydrogens (tertiary/aromatic N) is 4. The summed E-state index contributed by atoms with van der Waals surface area (Å²) in [6.07, 6.45) is 6.69. The summed E-state index contributed by atoms with van der Waals surface area (Å²) in [6.45, 7) is 2.04. The second-order valence-corrected chi connectivity index (χ2v) is 6.58. The Balaban J connectivity index is 1.53. The van der Waals surface area contributed by atoms with Gasteiger partial charge in [0.25, 0.3) is 0 Å². The third-order valence-electron chi connectivity index (χ3n) is 4.58. The Morgan fingerprint density at radius 1 is 0.852 bits per heavy atom. The molecule has 27 heavy (non-hydrogen) atoms. The predicted octanol–water partition coefficient (Wildman–Crippen LogP) is 4.79. The van der Waals surface area contributed by atoms with E-state index in [1.807, 2.05) is 54.6 Å². The van der Waals surface area contributed by atoms with Crippen molar-refractivity contribution in [3.63, 3.8) is 0 Å². The van der Waals surface area contributed by atoms with E-state index in [9.17, 15) is 0 Å². The molecular weight excluding hydrogens is 338 g/mol. The van der Waals surface area contributed by atoms with E-state index in [0.717, 1.165) is 30.3 Å². The number of para-hydroxylation sites is 3. The molecule has 1 aliphatic rings. The molecule has 4 rings (SSSR count). The highest BCUT2D eigenvalue weighted by Crippen LogP contribution is 2.30. The van der Waals surface area contributed by atoms with Crippen molar-refractivity contribution in [3.05, 3.63) is 60.8 Å². The van der Waals surface area contributed by atoms with Gasteiger partial charge >= 0.3 is 0 Å². The monoisotopic (exact) mass is 361 g/mol. The van der Waals surface area contributed by atoms with Crippen LogP contribution in [-0.2, 0) is 0 Å². The molecule has 6 nitrogen and oxygen atoms in total. The van der Waals surface area contributed by atoms with Crippen molar-refractivity contribution in [1.82, 2.24) is 15.2 Å². The highest BCUT2D eigenvalue weighted by Gasteiger charge is 2.13. The van der Waals surface area contributed by atoms with Crippen LogP contribution < -0.4 is 15.0 Å². The van der Waals surface area contributed by atoms with E-state index in [4.69, 9.17) is 4.74 Å². The maximum absolute atomic E-state index is 6.00. The zero-order valence-electron chi connectivity index (χ0n) is 15.2. The molecule has 1 N–H and O–H groups in total. The smallest absolute Gasteiger partial charge is 0.249 e. The number of ether oxygens (including phenoxy) is 1. The van der Waals surface area contributed by atoms with Crippen LogP contribution in [0, 0.1) is 0 Å². The molecule has 0 amide bonds. The lowest BCUT2D eigenvalue weighted by atomic mass is 10.2. The van der Waals surface area contributed by atoms with Crippen molar-refractivity contribution in [3.8, 4) is 11.5 Å². The normalized spacial score (nSPS) is 14.4. The molecular formula is C21H23N5O. The Labute approximate surface area is 159 Å². The molecule has 1 aromatic heterocycles. The highest BCUT2D eigenvalue weighted by atomic mass is 16.5. The summed E-state index contributed by atoms with van der Waals surface area (Å²) in [6, 6.07) is 17.5. The van der Waals surface area contributed by atoms with Crippen LogP contribution in [-0.4, -0.2) is 28.3 Å². The van der Waals surface area contributed by atoms with Crippen molar-refractivity contribution in [1.29, 1.82) is 0 Å². The first-order chi connectivity index (χ1) is 13.4. The number of hydrogen-bond donors (Lipinski definition) is 1. The first-order valence-corrected chi connectivity index (χ1v) is 9.42. The fourth-order valence-electron chi connectivity index (χ4n) is 3.19. The van der Waals surface area contributed by atoms with E-state index >= 15 is 0 Å². The Morgan fingerprint density at radius 2 is 1.59 bits per heavy atom. The molecule has 0 bridgehead atoms. The lowest BCUT2D eigenvalue weighted by Gasteiger charge is -2.21. The lowest BCUT2D eigenvalue weighted by Crippen LogP contribution is -2.25. The molecule has 6 heteroatoms. The minimum atomic E-state index is 0.473. The fraction of sp³-hybridized carbons (Fsp3) is 0.286. The van der Waals surface area contributed by atoms with Crippen LogP contribution in [0.15, 0.2) is 60.8 Å². The summed E-state index contributed by atoms with van der Waals surface area (Å²) in [5, 5.41) is 11.5. The van der Waals surface area contributed by atoms with E-state index < -0.39 is 0 Å². The van der Waals surface area contributed by atoms with Crippen LogP contribution >= 0.6 is 0 Å². The van der Waals surface area contributed by atoms with Crippen LogP contribution in [0.5, 0.6) is 11.5 Å². The highest BCUT2D eigenvalue weighted by molar-refractivity contribution is 5.63. The third kappa shape index (κ3) is 4.53. The summed E-state index contributed by atoms with van der Waals surface area (Å²) in [4.78, 5) is 6.96. The average Bonchev–Trinajstić information content (AvgIpc) is 3.00. The molecule has 1 aliphatic heterocycles. The number of anilines is 3. The Bertz CT molecular complexity index is 863. The maximum atomic E-state index is 6.00. The zero-order valence-corrected chi connectivity index (χ0v) is 15.2. The Hall–Kier alpha value is -3.15. The zero-order chi connectivity index (χ0) is 18.3. The van der Waals surface area contributed by atoms with Gasteiger partial charge in [-0.15, -0.1) is 5.10 Å². The van der Waals surface area contributed by atoms with Gasteiger partial charge in [-0.2, -0.15) is 10.1 Å². The maximum Gasteiger partial charge on any atom is 0.249 e. The van der Waals surface area contributed by atoms with Crippen molar-refractivity contribution < 1.29 is 4.74 Å². The van der Waals surface area contributed by atoms with Gasteiger partial charge in [0.2, 0.25) is 5.95 Å². The molecule has 0 radical (unpaired) electrons. The number of nitrogens with one attached hydrogen (secondary N) is 1. The minimum absolute atomic E-state index is 0.473. The fourth-order valence-corrected chi connectivity index (χ4v) is 3.19. The van der Waals surface area contributed by atoms with Crippen LogP contribution in [0.1, 0.15) is 25.7 Å². The van der Waals surface area contributed by atoms with Gasteiger partial charge < -0.3 is 15.0 Å². The topological polar surface area (TPSA) is 63.2 Å². The first kappa shape index (κ1) is 17.3. The van der Waals surface area contributed by atoms with Crippen LogP contribution in [0.2, 0.25) is 0 Å². The van der Waals surface area contributed by atoms with E-state index in [2.05, 4.69) is 25.4 Å². The molecule has 1 saturated heterocycles. The molecule has 0 saturated carbocycles. The minimum Gasteiger partial charge on any atom is -0.455 e. The third-order valence-corrected chi connectivity index (χ3v) is 4.58. The summed E-state index contributed by atoms with van der Waals surface area (Å²) < 4.78 is 6.00. The molecule has 2 aromatic carbocycles. The van der Waals surface area contributed by atoms with Gasteiger partial charge in [-0.3, -0.25) is 0 Å². The van der Waals surface area contributed by atoms with Crippen LogP contribution in [0.3, 0.4) is 0 Å². The molecule has 0 aliphatic carbocycles. The van der Waals surface area contributed by atoms with Crippen molar-refractivity contribution in [2.45, 2.75) is 25.7 Å². The Kier molecular flexibility index (Phi) is 5.43. The standard InChI is InChI=1S/C21H23N5O/c1-2-9-15-26(14-8-1)20-16-22-25-21(24-20)23-18-12-6-7-13-19(18)27-17-10-4-3-5-11-17/h3-7,10-13,16H,1-2,8-9,14-15H2,(H,23,24,25). The largest absolute Gasteiger partial charge is 0.455 e. The number of benzene rings is 2. The van der Waals surface area contributed by atoms with Gasteiger partial charge in [-0.1, -0.05) is 43.2 Å². The van der Waals surface area contributed by atoms with E-state index in [1.165, 1.54) is 25.7 Å². The second-order valence-electron chi connectivity index (χ2n) is 6.58. The average molecular weight is 361 g/mol.